The molecule has 1 aromatic carbocycles. The lowest BCUT2D eigenvalue weighted by molar-refractivity contribution is 0.0938. The van der Waals surface area contributed by atoms with Crippen LogP contribution >= 0.6 is 0 Å². The van der Waals surface area contributed by atoms with Gasteiger partial charge in [0.05, 0.1) is 12.6 Å². The van der Waals surface area contributed by atoms with Gasteiger partial charge in [-0.2, -0.15) is 0 Å². The van der Waals surface area contributed by atoms with Crippen molar-refractivity contribution >= 4 is 5.78 Å². The van der Waals surface area contributed by atoms with Gasteiger partial charge in [-0.15, -0.1) is 0 Å². The number of rotatable bonds is 5. The second-order valence-electron chi connectivity index (χ2n) is 4.04. The van der Waals surface area contributed by atoms with E-state index in [1.165, 1.54) is 18.2 Å². The molecule has 0 saturated carbocycles. The van der Waals surface area contributed by atoms with E-state index >= 15 is 0 Å². The molecule has 0 aliphatic carbocycles. The first-order chi connectivity index (χ1) is 7.95. The van der Waals surface area contributed by atoms with E-state index in [9.17, 15) is 9.90 Å². The maximum atomic E-state index is 11.9. The van der Waals surface area contributed by atoms with E-state index < -0.39 is 6.04 Å². The van der Waals surface area contributed by atoms with Gasteiger partial charge in [0.25, 0.3) is 0 Å². The van der Waals surface area contributed by atoms with Crippen molar-refractivity contribution in [3.8, 4) is 11.5 Å². The highest BCUT2D eigenvalue weighted by atomic mass is 16.3. The van der Waals surface area contributed by atoms with Crippen molar-refractivity contribution in [1.29, 1.82) is 0 Å². The van der Waals surface area contributed by atoms with Gasteiger partial charge in [0.1, 0.15) is 0 Å². The molecular weight excluding hydrogens is 222 g/mol. The van der Waals surface area contributed by atoms with Crippen LogP contribution in [0.5, 0.6) is 11.5 Å². The summed E-state index contributed by atoms with van der Waals surface area (Å²) in [6.45, 7) is 3.38. The Balaban J connectivity index is 2.78. The lowest BCUT2D eigenvalue weighted by Gasteiger charge is -2.17. The zero-order valence-corrected chi connectivity index (χ0v) is 9.84. The van der Waals surface area contributed by atoms with Crippen molar-refractivity contribution < 1.29 is 20.1 Å². The van der Waals surface area contributed by atoms with Crippen molar-refractivity contribution in [2.75, 3.05) is 6.61 Å². The van der Waals surface area contributed by atoms with Gasteiger partial charge in [-0.3, -0.25) is 4.79 Å². The summed E-state index contributed by atoms with van der Waals surface area (Å²) in [5, 5.41) is 30.2. The molecule has 1 rings (SSSR count). The number of ketones is 1. The lowest BCUT2D eigenvalue weighted by atomic mass is 10.0. The van der Waals surface area contributed by atoms with E-state index in [1.54, 1.807) is 13.8 Å². The van der Waals surface area contributed by atoms with Crippen LogP contribution in [-0.4, -0.2) is 39.8 Å². The van der Waals surface area contributed by atoms with Gasteiger partial charge in [-0.25, -0.2) is 0 Å². The van der Waals surface area contributed by atoms with E-state index in [0.29, 0.717) is 5.56 Å². The van der Waals surface area contributed by atoms with E-state index in [-0.39, 0.29) is 29.9 Å². The molecule has 2 atom stereocenters. The van der Waals surface area contributed by atoms with Gasteiger partial charge in [0.2, 0.25) is 0 Å². The Bertz CT molecular complexity index is 405. The number of Topliss-reactive ketones (excluding diaryl/α,β-unsaturated/α-hetero) is 1. The fraction of sp³-hybridized carbons (Fsp3) is 0.417. The van der Waals surface area contributed by atoms with Crippen LogP contribution in [0, 0.1) is 0 Å². The normalized spacial score (nSPS) is 14.3. The minimum absolute atomic E-state index is 0.0571. The summed E-state index contributed by atoms with van der Waals surface area (Å²) in [7, 11) is 0. The first kappa shape index (κ1) is 13.5. The zero-order valence-electron chi connectivity index (χ0n) is 9.84. The second-order valence-corrected chi connectivity index (χ2v) is 4.04. The summed E-state index contributed by atoms with van der Waals surface area (Å²) in [5.74, 6) is -0.787. The largest absolute Gasteiger partial charge is 0.504 e. The third kappa shape index (κ3) is 3.44. The van der Waals surface area contributed by atoms with E-state index in [0.717, 1.165) is 0 Å². The number of nitrogens with one attached hydrogen (secondary N) is 1. The Morgan fingerprint density at radius 3 is 2.47 bits per heavy atom. The van der Waals surface area contributed by atoms with Crippen LogP contribution in [0.3, 0.4) is 0 Å². The predicted octanol–water partition coefficient (Wildman–Crippen LogP) is 0.639. The molecule has 0 fully saturated rings. The minimum atomic E-state index is -0.471. The quantitative estimate of drug-likeness (QED) is 0.447. The van der Waals surface area contributed by atoms with Gasteiger partial charge >= 0.3 is 0 Å². The van der Waals surface area contributed by atoms with Crippen LogP contribution in [0.4, 0.5) is 0 Å². The molecule has 94 valence electrons. The predicted molar refractivity (Wildman–Crippen MR) is 63.2 cm³/mol. The molecule has 0 heterocycles. The average Bonchev–Trinajstić information content (AvgIpc) is 2.31. The summed E-state index contributed by atoms with van der Waals surface area (Å²) < 4.78 is 0. The molecule has 5 nitrogen and oxygen atoms in total. The lowest BCUT2D eigenvalue weighted by Crippen LogP contribution is -2.41. The molecule has 0 bridgehead atoms. The Hall–Kier alpha value is -1.59. The van der Waals surface area contributed by atoms with Crippen molar-refractivity contribution in [2.24, 2.45) is 0 Å². The molecule has 0 saturated heterocycles. The standard InChI is InChI=1S/C12H17NO4/c1-7(6-14)13-8(2)12(17)9-3-4-10(15)11(16)5-9/h3-5,7-8,13-16H,6H2,1-2H3. The number of carbonyl (C=O) groups is 1. The Morgan fingerprint density at radius 1 is 1.29 bits per heavy atom. The molecular formula is C12H17NO4. The van der Waals surface area contributed by atoms with E-state index in [4.69, 9.17) is 10.2 Å². The molecule has 0 aliphatic rings. The zero-order chi connectivity index (χ0) is 13.0. The van der Waals surface area contributed by atoms with Crippen molar-refractivity contribution in [3.05, 3.63) is 23.8 Å². The highest BCUT2D eigenvalue weighted by Gasteiger charge is 2.17. The number of hydrogen-bond donors (Lipinski definition) is 4. The Morgan fingerprint density at radius 2 is 1.94 bits per heavy atom. The summed E-state index contributed by atoms with van der Waals surface area (Å²) in [6.07, 6.45) is 0. The van der Waals surface area contributed by atoms with Gasteiger partial charge < -0.3 is 20.6 Å². The van der Waals surface area contributed by atoms with Gasteiger partial charge in [-0.1, -0.05) is 0 Å². The third-order valence-electron chi connectivity index (χ3n) is 2.46. The van der Waals surface area contributed by atoms with Crippen LogP contribution in [0.1, 0.15) is 24.2 Å². The Kier molecular flexibility index (Phi) is 4.48. The van der Waals surface area contributed by atoms with Crippen molar-refractivity contribution in [1.82, 2.24) is 5.32 Å². The van der Waals surface area contributed by atoms with Crippen molar-refractivity contribution in [3.63, 3.8) is 0 Å². The average molecular weight is 239 g/mol. The molecule has 0 aromatic heterocycles. The topological polar surface area (TPSA) is 89.8 Å². The molecule has 2 unspecified atom stereocenters. The molecule has 0 spiro atoms. The van der Waals surface area contributed by atoms with Gasteiger partial charge in [0.15, 0.2) is 17.3 Å². The van der Waals surface area contributed by atoms with Crippen LogP contribution in [0.15, 0.2) is 18.2 Å². The fourth-order valence-electron chi connectivity index (χ4n) is 1.48. The van der Waals surface area contributed by atoms with Gasteiger partial charge in [0, 0.05) is 11.6 Å². The minimum Gasteiger partial charge on any atom is -0.504 e. The summed E-state index contributed by atoms with van der Waals surface area (Å²) in [4.78, 5) is 11.9. The fourth-order valence-corrected chi connectivity index (χ4v) is 1.48. The molecule has 0 amide bonds. The molecule has 5 heteroatoms. The van der Waals surface area contributed by atoms with Gasteiger partial charge in [-0.05, 0) is 32.0 Å². The third-order valence-corrected chi connectivity index (χ3v) is 2.46. The summed E-state index contributed by atoms with van der Waals surface area (Å²) in [6, 6.07) is 3.28. The SMILES string of the molecule is CC(CO)NC(C)C(=O)c1ccc(O)c(O)c1. The van der Waals surface area contributed by atoms with E-state index in [2.05, 4.69) is 5.32 Å². The number of benzene rings is 1. The van der Waals surface area contributed by atoms with Crippen LogP contribution in [0.25, 0.3) is 0 Å². The first-order valence-corrected chi connectivity index (χ1v) is 5.38. The number of phenolic OH excluding ortho intramolecular Hbond substituents is 2. The number of aromatic hydroxyl groups is 2. The smallest absolute Gasteiger partial charge is 0.179 e. The highest BCUT2D eigenvalue weighted by Crippen LogP contribution is 2.25. The van der Waals surface area contributed by atoms with Crippen LogP contribution < -0.4 is 5.32 Å². The van der Waals surface area contributed by atoms with Crippen molar-refractivity contribution in [2.45, 2.75) is 25.9 Å². The van der Waals surface area contributed by atoms with Crippen LogP contribution in [0.2, 0.25) is 0 Å². The molecule has 0 aliphatic heterocycles. The highest BCUT2D eigenvalue weighted by molar-refractivity contribution is 6.00. The maximum Gasteiger partial charge on any atom is 0.179 e. The molecule has 0 radical (unpaired) electrons. The summed E-state index contributed by atoms with van der Waals surface area (Å²) >= 11 is 0. The molecule has 4 N–H and O–H groups in total. The number of hydrogen-bond acceptors (Lipinski definition) is 5. The Labute approximate surface area is 99.7 Å². The molecule has 17 heavy (non-hydrogen) atoms. The number of aliphatic hydroxyl groups is 1. The first-order valence-electron chi connectivity index (χ1n) is 5.38. The second kappa shape index (κ2) is 5.65. The van der Waals surface area contributed by atoms with E-state index in [1.807, 2.05) is 0 Å². The molecule has 1 aromatic rings. The number of carbonyl (C=O) groups excluding carboxylic acids is 1. The van der Waals surface area contributed by atoms with Crippen LogP contribution in [-0.2, 0) is 0 Å². The monoisotopic (exact) mass is 239 g/mol. The number of aliphatic hydroxyl groups excluding tert-OH is 1. The summed E-state index contributed by atoms with van der Waals surface area (Å²) in [5.41, 5.74) is 0.311. The number of phenols is 2. The maximum absolute atomic E-state index is 11.9.